The fourth-order valence-electron chi connectivity index (χ4n) is 2.48. The number of anilines is 1. The summed E-state index contributed by atoms with van der Waals surface area (Å²) in [6, 6.07) is 6.07. The molecule has 3 rings (SSSR count). The van der Waals surface area contributed by atoms with E-state index in [1.807, 2.05) is 0 Å². The molecule has 1 heterocycles. The Kier molecular flexibility index (Phi) is 5.73. The number of carboxylic acid groups (broad SMARTS) is 1. The van der Waals surface area contributed by atoms with Crippen LogP contribution in [0.15, 0.2) is 65.5 Å². The van der Waals surface area contributed by atoms with Crippen molar-refractivity contribution in [3.63, 3.8) is 0 Å². The van der Waals surface area contributed by atoms with Gasteiger partial charge in [-0.05, 0) is 42.3 Å². The first-order chi connectivity index (χ1) is 12.9. The normalized spacial score (nSPS) is 13.4. The molecule has 0 radical (unpaired) electrons. The van der Waals surface area contributed by atoms with Gasteiger partial charge < -0.3 is 10.4 Å². The Morgan fingerprint density at radius 3 is 2.63 bits per heavy atom. The first-order valence-electron chi connectivity index (χ1n) is 7.86. The Balaban J connectivity index is 1.83. The van der Waals surface area contributed by atoms with E-state index in [0.29, 0.717) is 22.6 Å². The van der Waals surface area contributed by atoms with Crippen LogP contribution in [0.2, 0.25) is 5.02 Å². The summed E-state index contributed by atoms with van der Waals surface area (Å²) in [5.74, 6) is -1.62. The minimum absolute atomic E-state index is 0.0195. The third kappa shape index (κ3) is 4.64. The molecular weight excluding hydrogens is 391 g/mol. The molecule has 3 N–H and O–H groups in total. The van der Waals surface area contributed by atoms with E-state index in [0.717, 1.165) is 11.3 Å². The number of nitrogens with one attached hydrogen (secondary N) is 2. The number of halogens is 2. The highest BCUT2D eigenvalue weighted by molar-refractivity contribution is 7.15. The van der Waals surface area contributed by atoms with Gasteiger partial charge in [-0.25, -0.2) is 14.0 Å². The molecule has 8 heteroatoms. The summed E-state index contributed by atoms with van der Waals surface area (Å²) in [6.07, 6.45) is 6.27. The predicted molar refractivity (Wildman–Crippen MR) is 105 cm³/mol. The van der Waals surface area contributed by atoms with Gasteiger partial charge in [0.25, 0.3) is 0 Å². The Labute approximate surface area is 163 Å². The molecule has 0 unspecified atom stereocenters. The third-order valence-electron chi connectivity index (χ3n) is 3.68. The van der Waals surface area contributed by atoms with Crippen LogP contribution in [0.5, 0.6) is 0 Å². The highest BCUT2D eigenvalue weighted by Crippen LogP contribution is 2.36. The van der Waals surface area contributed by atoms with Crippen molar-refractivity contribution in [2.45, 2.75) is 6.42 Å². The number of rotatable bonds is 4. The van der Waals surface area contributed by atoms with Crippen molar-refractivity contribution < 1.29 is 19.1 Å². The highest BCUT2D eigenvalue weighted by Gasteiger charge is 2.21. The van der Waals surface area contributed by atoms with E-state index in [1.54, 1.807) is 41.8 Å². The molecule has 5 nitrogen and oxygen atoms in total. The second-order valence-electron chi connectivity index (χ2n) is 5.57. The summed E-state index contributed by atoms with van der Waals surface area (Å²) in [5, 5.41) is 17.0. The number of carboxylic acids is 1. The van der Waals surface area contributed by atoms with Crippen molar-refractivity contribution in [2.75, 3.05) is 5.32 Å². The number of benzene rings is 1. The maximum Gasteiger partial charge on any atom is 0.339 e. The summed E-state index contributed by atoms with van der Waals surface area (Å²) < 4.78 is 13.4. The Hall–Kier alpha value is -2.90. The molecule has 0 atom stereocenters. The summed E-state index contributed by atoms with van der Waals surface area (Å²) in [6.45, 7) is 0. The molecule has 1 aromatic carbocycles. The number of aromatic carboxylic acids is 1. The third-order valence-corrected chi connectivity index (χ3v) is 4.83. The lowest BCUT2D eigenvalue weighted by molar-refractivity contribution is 0.0699. The van der Waals surface area contributed by atoms with Gasteiger partial charge in [-0.1, -0.05) is 29.8 Å². The Morgan fingerprint density at radius 2 is 1.93 bits per heavy atom. The lowest BCUT2D eigenvalue weighted by atomic mass is 10.0. The number of allylic oxidation sites excluding steroid dienone is 5. The van der Waals surface area contributed by atoms with E-state index in [-0.39, 0.29) is 16.3 Å². The van der Waals surface area contributed by atoms with Crippen molar-refractivity contribution in [1.82, 2.24) is 5.32 Å². The lowest BCUT2D eigenvalue weighted by Crippen LogP contribution is -2.27. The molecule has 1 aromatic heterocycles. The number of carbonyl (C=O) groups excluding carboxylic acids is 1. The maximum absolute atomic E-state index is 13.4. The summed E-state index contributed by atoms with van der Waals surface area (Å²) in [5.41, 5.74) is 1.39. The summed E-state index contributed by atoms with van der Waals surface area (Å²) in [7, 11) is 0. The quantitative estimate of drug-likeness (QED) is 0.621. The summed E-state index contributed by atoms with van der Waals surface area (Å²) >= 11 is 6.96. The van der Waals surface area contributed by atoms with Crippen LogP contribution in [-0.2, 0) is 0 Å². The number of thiophene rings is 1. The molecule has 0 saturated heterocycles. The molecule has 0 saturated carbocycles. The molecule has 2 aromatic rings. The van der Waals surface area contributed by atoms with Gasteiger partial charge in [-0.3, -0.25) is 5.32 Å². The minimum Gasteiger partial charge on any atom is -0.478 e. The van der Waals surface area contributed by atoms with Crippen LogP contribution in [-0.4, -0.2) is 17.1 Å². The molecule has 2 amide bonds. The Morgan fingerprint density at radius 1 is 1.19 bits per heavy atom. The number of hydrogen-bond donors (Lipinski definition) is 3. The van der Waals surface area contributed by atoms with Crippen molar-refractivity contribution >= 4 is 39.9 Å². The van der Waals surface area contributed by atoms with Crippen LogP contribution in [0.1, 0.15) is 16.8 Å². The summed E-state index contributed by atoms with van der Waals surface area (Å²) in [4.78, 5) is 24.0. The fourth-order valence-corrected chi connectivity index (χ4v) is 3.56. The molecule has 1 aliphatic carbocycles. The van der Waals surface area contributed by atoms with Crippen LogP contribution < -0.4 is 10.6 Å². The van der Waals surface area contributed by atoms with Gasteiger partial charge in [0.05, 0.1) is 0 Å². The van der Waals surface area contributed by atoms with Crippen molar-refractivity contribution in [1.29, 1.82) is 0 Å². The molecule has 27 heavy (non-hydrogen) atoms. The topological polar surface area (TPSA) is 78.4 Å². The van der Waals surface area contributed by atoms with Crippen LogP contribution in [0, 0.1) is 0 Å². The van der Waals surface area contributed by atoms with Crippen LogP contribution in [0.25, 0.3) is 11.1 Å². The van der Waals surface area contributed by atoms with E-state index in [4.69, 9.17) is 11.6 Å². The second kappa shape index (κ2) is 8.20. The Bertz CT molecular complexity index is 977. The molecular formula is C19H14ClFN2O3S. The van der Waals surface area contributed by atoms with E-state index in [1.165, 1.54) is 12.2 Å². The van der Waals surface area contributed by atoms with Crippen molar-refractivity contribution in [3.8, 4) is 11.1 Å². The number of hydrogen-bond acceptors (Lipinski definition) is 3. The van der Waals surface area contributed by atoms with Gasteiger partial charge in [0, 0.05) is 21.7 Å². The zero-order valence-corrected chi connectivity index (χ0v) is 15.4. The second-order valence-corrected chi connectivity index (χ2v) is 6.89. The van der Waals surface area contributed by atoms with Crippen LogP contribution >= 0.6 is 22.9 Å². The van der Waals surface area contributed by atoms with Gasteiger partial charge in [0.15, 0.2) is 0 Å². The van der Waals surface area contributed by atoms with Gasteiger partial charge >= 0.3 is 12.0 Å². The molecule has 0 fully saturated rings. The maximum atomic E-state index is 13.4. The average molecular weight is 405 g/mol. The van der Waals surface area contributed by atoms with Crippen LogP contribution in [0.3, 0.4) is 0 Å². The largest absolute Gasteiger partial charge is 0.478 e. The smallest absolute Gasteiger partial charge is 0.339 e. The SMILES string of the molecule is O=C(NC1=CC(F)=CCC=C1)Nc1scc(-c2ccc(Cl)cc2)c1C(=O)O. The van der Waals surface area contributed by atoms with E-state index >= 15 is 0 Å². The van der Waals surface area contributed by atoms with Crippen molar-refractivity contribution in [2.24, 2.45) is 0 Å². The number of urea groups is 1. The molecule has 0 bridgehead atoms. The standard InChI is InChI=1S/C19H14ClFN2O3S/c20-12-7-5-11(6-8-12)15-10-27-17(16(15)18(24)25)23-19(26)22-14-4-2-1-3-13(21)9-14/h2-10H,1H2,(H,24,25)(H2,22,23,26). The van der Waals surface area contributed by atoms with E-state index in [9.17, 15) is 19.1 Å². The first kappa shape index (κ1) is 18.9. The molecule has 0 spiro atoms. The monoisotopic (exact) mass is 404 g/mol. The zero-order chi connectivity index (χ0) is 19.4. The predicted octanol–water partition coefficient (Wildman–Crippen LogP) is 5.59. The highest BCUT2D eigenvalue weighted by atomic mass is 35.5. The van der Waals surface area contributed by atoms with Gasteiger partial charge in [-0.15, -0.1) is 11.3 Å². The number of amides is 2. The minimum atomic E-state index is -1.17. The van der Waals surface area contributed by atoms with E-state index < -0.39 is 17.8 Å². The number of carbonyl (C=O) groups is 2. The molecule has 138 valence electrons. The van der Waals surface area contributed by atoms with Crippen molar-refractivity contribution in [3.05, 3.63) is 76.1 Å². The molecule has 1 aliphatic rings. The fraction of sp³-hybridized carbons (Fsp3) is 0.0526. The average Bonchev–Trinajstić information content (AvgIpc) is 2.91. The lowest BCUT2D eigenvalue weighted by Gasteiger charge is -2.08. The van der Waals surface area contributed by atoms with E-state index in [2.05, 4.69) is 10.6 Å². The molecule has 0 aliphatic heterocycles. The van der Waals surface area contributed by atoms with Gasteiger partial charge in [-0.2, -0.15) is 0 Å². The van der Waals surface area contributed by atoms with Crippen LogP contribution in [0.4, 0.5) is 14.2 Å². The van der Waals surface area contributed by atoms with Gasteiger partial charge in [0.2, 0.25) is 0 Å². The van der Waals surface area contributed by atoms with Gasteiger partial charge in [0.1, 0.15) is 16.4 Å². The zero-order valence-electron chi connectivity index (χ0n) is 13.8. The first-order valence-corrected chi connectivity index (χ1v) is 9.12.